The highest BCUT2D eigenvalue weighted by Crippen LogP contribution is 2.33. The lowest BCUT2D eigenvalue weighted by atomic mass is 10.2. The van der Waals surface area contributed by atoms with Crippen LogP contribution in [0.4, 0.5) is 0 Å². The maximum absolute atomic E-state index is 5.26. The van der Waals surface area contributed by atoms with Crippen molar-refractivity contribution in [2.75, 3.05) is 14.2 Å². The largest absolute Gasteiger partial charge is 0.497 e. The number of aryl methyl sites for hydroxylation is 2. The van der Waals surface area contributed by atoms with E-state index in [0.29, 0.717) is 0 Å². The van der Waals surface area contributed by atoms with Crippen LogP contribution in [0.3, 0.4) is 0 Å². The Labute approximate surface area is 580 Å². The Hall–Kier alpha value is -6.04. The molecule has 10 rings (SSSR count). The summed E-state index contributed by atoms with van der Waals surface area (Å²) in [5.41, 5.74) is 2.64. The molecule has 0 amide bonds. The average Bonchev–Trinajstić information content (AvgIpc) is 3.29. The predicted molar refractivity (Wildman–Crippen MR) is 400 cm³/mol. The third kappa shape index (κ3) is 38.6. The molecule has 10 aromatic rings. The fourth-order valence-electron chi connectivity index (χ4n) is 6.87. The Morgan fingerprint density at radius 2 is 0.367 bits per heavy atom. The van der Waals surface area contributed by atoms with Crippen LogP contribution in [0.15, 0.2) is 308 Å². The second kappa shape index (κ2) is 65.9. The van der Waals surface area contributed by atoms with E-state index in [4.69, 9.17) is 9.47 Å². The predicted octanol–water partition coefficient (Wildman–Crippen LogP) is 20.1. The molecule has 0 radical (unpaired) electrons. The minimum atomic E-state index is -0.0804. The van der Waals surface area contributed by atoms with Gasteiger partial charge in [0.05, 0.1) is 36.0 Å². The molecule has 0 heterocycles. The van der Waals surface area contributed by atoms with E-state index in [1.54, 1.807) is 14.2 Å². The first-order valence-corrected chi connectivity index (χ1v) is 39.7. The van der Waals surface area contributed by atoms with Crippen LogP contribution in [0.5, 0.6) is 11.5 Å². The lowest BCUT2D eigenvalue weighted by molar-refractivity contribution is -0.597. The Balaban J connectivity index is -0.000000504. The van der Waals surface area contributed by atoms with Crippen molar-refractivity contribution in [3.05, 3.63) is 304 Å². The van der Waals surface area contributed by atoms with Gasteiger partial charge in [-0.15, -0.1) is 0 Å². The van der Waals surface area contributed by atoms with Crippen LogP contribution in [-0.2, 0) is 21.8 Å². The van der Waals surface area contributed by atoms with Crippen molar-refractivity contribution in [2.24, 2.45) is 0 Å². The van der Waals surface area contributed by atoms with E-state index in [9.17, 15) is 0 Å². The van der Waals surface area contributed by atoms with Crippen LogP contribution >= 0.6 is 0 Å². The minimum Gasteiger partial charge on any atom is -0.497 e. The summed E-state index contributed by atoms with van der Waals surface area (Å²) in [6.07, 6.45) is 0. The standard InChI is InChI=1S/C19H17OS.C19H17S.C13H12IO.C13H12I.10C2H6/c1-20-16-12-14-19(15-13-16)21(17-8-4-2-5-9-17)18-10-6-3-7-11-18;1-16-12-14-19(15-13-16)20(17-8-4-2-5-9-17)18-10-6-3-7-11-18;1-15-13-9-7-12(8-10-13)14-11-5-3-2-4-6-11;1-11-7-9-13(10-8-11)14-12-5-3-2-4-6-12;10*1-2/h2-15H,1H3;2-15H,1H3;2-10H,1H3;2-10H,1H3;10*1-2H3/q4*+1;;;;;;;;;;. The van der Waals surface area contributed by atoms with Gasteiger partial charge in [0.15, 0.2) is 43.7 Å². The van der Waals surface area contributed by atoms with Crippen molar-refractivity contribution in [1.82, 2.24) is 0 Å². The SMILES string of the molecule is CC.CC.CC.CC.CC.CC.CC.CC.CC.CC.COc1ccc([I+]c2ccccc2)cc1.COc1ccc([S+](c2ccccc2)c2ccccc2)cc1.Cc1ccc([I+]c2ccccc2)cc1.Cc1ccc([S+](c2ccccc2)c2ccccc2)cc1. The highest BCUT2D eigenvalue weighted by atomic mass is 127. The normalized spacial score (nSPS) is 8.73. The van der Waals surface area contributed by atoms with Crippen molar-refractivity contribution in [3.63, 3.8) is 0 Å². The van der Waals surface area contributed by atoms with Crippen molar-refractivity contribution in [2.45, 2.75) is 182 Å². The molecule has 0 bridgehead atoms. The van der Waals surface area contributed by atoms with Gasteiger partial charge in [0.2, 0.25) is 0 Å². The molecule has 0 aliphatic carbocycles. The van der Waals surface area contributed by atoms with Crippen LogP contribution < -0.4 is 51.9 Å². The summed E-state index contributed by atoms with van der Waals surface area (Å²) < 4.78 is 16.2. The molecule has 6 heteroatoms. The zero-order valence-electron chi connectivity index (χ0n) is 59.9. The lowest BCUT2D eigenvalue weighted by Crippen LogP contribution is -3.61. The number of hydrogen-bond acceptors (Lipinski definition) is 2. The first-order chi connectivity index (χ1) is 44.4. The lowest BCUT2D eigenvalue weighted by Gasteiger charge is -2.08. The Kier molecular flexibility index (Phi) is 66.2. The van der Waals surface area contributed by atoms with Crippen LogP contribution in [0.1, 0.15) is 150 Å². The summed E-state index contributed by atoms with van der Waals surface area (Å²) in [4.78, 5) is 8.05. The first kappa shape index (κ1) is 90.4. The number of hydrogen-bond donors (Lipinski definition) is 0. The smallest absolute Gasteiger partial charge is 0.357 e. The van der Waals surface area contributed by atoms with Gasteiger partial charge < -0.3 is 9.47 Å². The summed E-state index contributed by atoms with van der Waals surface area (Å²) >= 11 is -0.0290. The summed E-state index contributed by atoms with van der Waals surface area (Å²) in [6.45, 7) is 44.3. The van der Waals surface area contributed by atoms with Gasteiger partial charge in [0, 0.05) is 0 Å². The molecule has 0 saturated heterocycles. The molecule has 0 aliphatic rings. The summed E-state index contributed by atoms with van der Waals surface area (Å²) in [5.74, 6) is 1.82. The highest BCUT2D eigenvalue weighted by molar-refractivity contribution is 7.97. The van der Waals surface area contributed by atoms with Crippen LogP contribution in [0.25, 0.3) is 0 Å². The Morgan fingerprint density at radius 3 is 0.600 bits per heavy atom. The molecule has 0 atom stereocenters. The van der Waals surface area contributed by atoms with Gasteiger partial charge in [-0.3, -0.25) is 0 Å². The molecule has 0 aromatic heterocycles. The number of methoxy groups -OCH3 is 2. The first-order valence-electron chi connectivity index (χ1n) is 33.0. The molecule has 0 unspecified atom stereocenters. The second-order valence-corrected chi connectivity index (χ2v) is 25.7. The van der Waals surface area contributed by atoms with Crippen molar-refractivity contribution >= 4 is 21.8 Å². The summed E-state index contributed by atoms with van der Waals surface area (Å²) in [5, 5.41) is 0. The van der Waals surface area contributed by atoms with Gasteiger partial charge >= 0.3 is 42.4 Å². The van der Waals surface area contributed by atoms with E-state index in [1.807, 2.05) is 163 Å². The number of ether oxygens (including phenoxy) is 2. The molecule has 0 spiro atoms. The summed E-state index contributed by atoms with van der Waals surface area (Å²) in [6, 6.07) is 98.6. The third-order valence-electron chi connectivity index (χ3n) is 10.4. The molecular formula is C84H118I2O2S2+4. The zero-order chi connectivity index (χ0) is 68.6. The highest BCUT2D eigenvalue weighted by Gasteiger charge is 2.29. The number of rotatable bonds is 12. The fraction of sp³-hybridized carbons (Fsp3) is 0.286. The number of halogens is 2. The zero-order valence-corrected chi connectivity index (χ0v) is 65.9. The van der Waals surface area contributed by atoms with E-state index >= 15 is 0 Å². The van der Waals surface area contributed by atoms with Gasteiger partial charge in [-0.25, -0.2) is 0 Å². The molecule has 10 aromatic carbocycles. The van der Waals surface area contributed by atoms with Gasteiger partial charge in [-0.2, -0.15) is 0 Å². The molecule has 0 aliphatic heterocycles. The van der Waals surface area contributed by atoms with Crippen molar-refractivity contribution in [1.29, 1.82) is 0 Å². The summed E-state index contributed by atoms with van der Waals surface area (Å²) in [7, 11) is 3.29. The second-order valence-electron chi connectivity index (χ2n) is 15.6. The Morgan fingerprint density at radius 1 is 0.200 bits per heavy atom. The van der Waals surface area contributed by atoms with E-state index in [1.165, 1.54) is 54.8 Å². The molecular weight excluding hydrogens is 1360 g/mol. The van der Waals surface area contributed by atoms with Crippen molar-refractivity contribution < 1.29 is 51.9 Å². The molecule has 0 fully saturated rings. The molecule has 0 N–H and O–H groups in total. The topological polar surface area (TPSA) is 18.5 Å². The average molecular weight is 1480 g/mol. The van der Waals surface area contributed by atoms with E-state index in [-0.39, 0.29) is 64.2 Å². The Bertz CT molecular complexity index is 2890. The van der Waals surface area contributed by atoms with Crippen LogP contribution in [-0.4, -0.2) is 14.2 Å². The van der Waals surface area contributed by atoms with E-state index in [2.05, 4.69) is 269 Å². The fourth-order valence-corrected chi connectivity index (χ4v) is 15.5. The maximum atomic E-state index is 5.26. The number of benzene rings is 10. The quantitative estimate of drug-likeness (QED) is 0.0897. The van der Waals surface area contributed by atoms with Gasteiger partial charge in [-0.05, 0) is 159 Å². The van der Waals surface area contributed by atoms with E-state index < -0.39 is 0 Å². The van der Waals surface area contributed by atoms with Crippen molar-refractivity contribution in [3.8, 4) is 11.5 Å². The van der Waals surface area contributed by atoms with Gasteiger partial charge in [0.1, 0.15) is 11.5 Å². The third-order valence-corrected chi connectivity index (χ3v) is 20.3. The molecule has 2 nitrogen and oxygen atoms in total. The minimum absolute atomic E-state index is 0.0159. The monoisotopic (exact) mass is 1480 g/mol. The van der Waals surface area contributed by atoms with E-state index in [0.717, 1.165) is 11.5 Å². The van der Waals surface area contributed by atoms with Crippen LogP contribution in [0.2, 0.25) is 0 Å². The molecule has 0 saturated carbocycles. The molecule has 488 valence electrons. The van der Waals surface area contributed by atoms with Gasteiger partial charge in [0.25, 0.3) is 0 Å². The maximum Gasteiger partial charge on any atom is 0.357 e. The molecule has 90 heavy (non-hydrogen) atoms. The van der Waals surface area contributed by atoms with Gasteiger partial charge in [-0.1, -0.05) is 283 Å². The van der Waals surface area contributed by atoms with Crippen LogP contribution in [0, 0.1) is 28.1 Å².